The smallest absolute Gasteiger partial charge is 0.0442 e. The fourth-order valence-corrected chi connectivity index (χ4v) is 1.33. The molecule has 0 radical (unpaired) electrons. The second-order valence-electron chi connectivity index (χ2n) is 2.76. The Morgan fingerprint density at radius 2 is 1.45 bits per heavy atom. The summed E-state index contributed by atoms with van der Waals surface area (Å²) in [7, 11) is 0. The lowest BCUT2D eigenvalue weighted by Crippen LogP contribution is -1.88. The lowest BCUT2D eigenvalue weighted by Gasteiger charge is -2.02. The summed E-state index contributed by atoms with van der Waals surface area (Å²) in [6.07, 6.45) is 6.88. The molecular formula is C8H18OS2. The standard InChI is InChI=1S/C8H18OS2/c9-7-5-3-1-2-4-6-8(10)11/h8-11H,1-7H2. The quantitative estimate of drug-likeness (QED) is 0.323. The van der Waals surface area contributed by atoms with E-state index in [4.69, 9.17) is 5.11 Å². The summed E-state index contributed by atoms with van der Waals surface area (Å²) in [5.74, 6) is 0. The summed E-state index contributed by atoms with van der Waals surface area (Å²) in [4.78, 5) is 0. The molecule has 0 unspecified atom stereocenters. The van der Waals surface area contributed by atoms with E-state index in [2.05, 4.69) is 25.3 Å². The average Bonchev–Trinajstić information content (AvgIpc) is 1.96. The maximum Gasteiger partial charge on any atom is 0.0442 e. The number of hydrogen-bond donors (Lipinski definition) is 3. The molecule has 0 aromatic rings. The summed E-state index contributed by atoms with van der Waals surface area (Å²) < 4.78 is 0.243. The predicted molar refractivity (Wildman–Crippen MR) is 56.5 cm³/mol. The van der Waals surface area contributed by atoms with Crippen LogP contribution in [0.25, 0.3) is 0 Å². The van der Waals surface area contributed by atoms with Crippen molar-refractivity contribution >= 4 is 25.3 Å². The van der Waals surface area contributed by atoms with Crippen LogP contribution < -0.4 is 0 Å². The van der Waals surface area contributed by atoms with Crippen molar-refractivity contribution in [3.63, 3.8) is 0 Å². The lowest BCUT2D eigenvalue weighted by atomic mass is 10.1. The van der Waals surface area contributed by atoms with Crippen LogP contribution in [0.15, 0.2) is 0 Å². The van der Waals surface area contributed by atoms with Crippen LogP contribution in [0.5, 0.6) is 0 Å². The molecule has 0 heterocycles. The summed E-state index contributed by atoms with van der Waals surface area (Å²) in [6.45, 7) is 0.335. The first-order valence-corrected chi connectivity index (χ1v) is 5.27. The Hall–Kier alpha value is 0.660. The molecule has 0 aliphatic heterocycles. The Bertz CT molecular complexity index is 76.5. The van der Waals surface area contributed by atoms with Crippen LogP contribution >= 0.6 is 25.3 Å². The first kappa shape index (κ1) is 11.7. The second kappa shape index (κ2) is 8.75. The highest BCUT2D eigenvalue weighted by atomic mass is 32.2. The molecular weight excluding hydrogens is 176 g/mol. The van der Waals surface area contributed by atoms with Crippen molar-refractivity contribution in [3.05, 3.63) is 0 Å². The van der Waals surface area contributed by atoms with Crippen LogP contribution in [0.4, 0.5) is 0 Å². The van der Waals surface area contributed by atoms with E-state index < -0.39 is 0 Å². The Kier molecular flexibility index (Phi) is 9.28. The van der Waals surface area contributed by atoms with Crippen molar-refractivity contribution < 1.29 is 5.11 Å². The molecule has 0 bridgehead atoms. The molecule has 0 saturated carbocycles. The highest BCUT2D eigenvalue weighted by Crippen LogP contribution is 2.12. The second-order valence-corrected chi connectivity index (χ2v) is 4.41. The van der Waals surface area contributed by atoms with Crippen LogP contribution in [0.1, 0.15) is 38.5 Å². The van der Waals surface area contributed by atoms with Gasteiger partial charge in [-0.2, -0.15) is 25.3 Å². The molecule has 68 valence electrons. The van der Waals surface area contributed by atoms with Gasteiger partial charge in [-0.15, -0.1) is 0 Å². The van der Waals surface area contributed by atoms with Gasteiger partial charge in [-0.3, -0.25) is 0 Å². The third-order valence-corrected chi connectivity index (χ3v) is 2.14. The number of aliphatic hydroxyl groups is 1. The monoisotopic (exact) mass is 194 g/mol. The van der Waals surface area contributed by atoms with Crippen molar-refractivity contribution in [2.45, 2.75) is 43.1 Å². The van der Waals surface area contributed by atoms with Gasteiger partial charge in [0.05, 0.1) is 0 Å². The normalized spacial score (nSPS) is 10.9. The molecule has 3 heteroatoms. The fourth-order valence-electron chi connectivity index (χ4n) is 0.969. The number of unbranched alkanes of at least 4 members (excludes halogenated alkanes) is 4. The zero-order valence-electron chi connectivity index (χ0n) is 6.87. The van der Waals surface area contributed by atoms with Gasteiger partial charge in [0, 0.05) is 11.2 Å². The van der Waals surface area contributed by atoms with Gasteiger partial charge < -0.3 is 5.11 Å². The van der Waals surface area contributed by atoms with Crippen molar-refractivity contribution in [3.8, 4) is 0 Å². The molecule has 0 spiro atoms. The number of hydrogen-bond acceptors (Lipinski definition) is 3. The zero-order valence-corrected chi connectivity index (χ0v) is 8.66. The molecule has 0 amide bonds. The van der Waals surface area contributed by atoms with Gasteiger partial charge in [-0.25, -0.2) is 0 Å². The van der Waals surface area contributed by atoms with Gasteiger partial charge in [-0.05, 0) is 12.8 Å². The molecule has 1 nitrogen and oxygen atoms in total. The molecule has 0 rings (SSSR count). The van der Waals surface area contributed by atoms with Crippen LogP contribution in [0, 0.1) is 0 Å². The van der Waals surface area contributed by atoms with E-state index in [1.165, 1.54) is 19.3 Å². The third kappa shape index (κ3) is 10.7. The third-order valence-electron chi connectivity index (χ3n) is 1.62. The Morgan fingerprint density at radius 1 is 0.909 bits per heavy atom. The van der Waals surface area contributed by atoms with E-state index in [-0.39, 0.29) is 4.58 Å². The van der Waals surface area contributed by atoms with Gasteiger partial charge >= 0.3 is 0 Å². The Balaban J connectivity index is 2.80. The number of rotatable bonds is 7. The van der Waals surface area contributed by atoms with Crippen molar-refractivity contribution in [2.75, 3.05) is 6.61 Å². The molecule has 11 heavy (non-hydrogen) atoms. The van der Waals surface area contributed by atoms with E-state index in [0.717, 1.165) is 19.3 Å². The van der Waals surface area contributed by atoms with E-state index >= 15 is 0 Å². The largest absolute Gasteiger partial charge is 0.396 e. The van der Waals surface area contributed by atoms with Crippen LogP contribution in [-0.2, 0) is 0 Å². The van der Waals surface area contributed by atoms with Crippen molar-refractivity contribution in [1.82, 2.24) is 0 Å². The first-order valence-electron chi connectivity index (χ1n) is 4.24. The molecule has 0 aromatic carbocycles. The van der Waals surface area contributed by atoms with Crippen molar-refractivity contribution in [2.24, 2.45) is 0 Å². The van der Waals surface area contributed by atoms with Crippen LogP contribution in [0.2, 0.25) is 0 Å². The minimum atomic E-state index is 0.243. The van der Waals surface area contributed by atoms with E-state index in [9.17, 15) is 0 Å². The molecule has 0 atom stereocenters. The zero-order chi connectivity index (χ0) is 8.53. The van der Waals surface area contributed by atoms with Gasteiger partial charge in [0.2, 0.25) is 0 Å². The van der Waals surface area contributed by atoms with E-state index in [1.54, 1.807) is 0 Å². The summed E-state index contributed by atoms with van der Waals surface area (Å²) in [6, 6.07) is 0. The molecule has 0 aliphatic rings. The molecule has 0 fully saturated rings. The molecule has 1 N–H and O–H groups in total. The SMILES string of the molecule is OCCCCCCCC(S)S. The molecule has 0 aliphatic carbocycles. The topological polar surface area (TPSA) is 20.2 Å². The number of aliphatic hydroxyl groups excluding tert-OH is 1. The van der Waals surface area contributed by atoms with Gasteiger partial charge in [0.25, 0.3) is 0 Å². The molecule has 0 aromatic heterocycles. The number of thiol groups is 2. The average molecular weight is 194 g/mol. The van der Waals surface area contributed by atoms with Gasteiger partial charge in [-0.1, -0.05) is 25.7 Å². The van der Waals surface area contributed by atoms with Crippen LogP contribution in [-0.4, -0.2) is 16.3 Å². The van der Waals surface area contributed by atoms with Gasteiger partial charge in [0.15, 0.2) is 0 Å². The van der Waals surface area contributed by atoms with E-state index in [0.29, 0.717) is 6.61 Å². The predicted octanol–water partition coefficient (Wildman–Crippen LogP) is 2.51. The Labute approximate surface area is 80.4 Å². The maximum absolute atomic E-state index is 8.49. The highest BCUT2D eigenvalue weighted by molar-refractivity contribution is 7.99. The van der Waals surface area contributed by atoms with E-state index in [1.807, 2.05) is 0 Å². The Morgan fingerprint density at radius 3 is 2.00 bits per heavy atom. The minimum absolute atomic E-state index is 0.243. The lowest BCUT2D eigenvalue weighted by molar-refractivity contribution is 0.282. The minimum Gasteiger partial charge on any atom is -0.396 e. The maximum atomic E-state index is 8.49. The fraction of sp³-hybridized carbons (Fsp3) is 1.00. The van der Waals surface area contributed by atoms with Gasteiger partial charge in [0.1, 0.15) is 0 Å². The molecule has 0 saturated heterocycles. The first-order chi connectivity index (χ1) is 5.27. The van der Waals surface area contributed by atoms with Crippen LogP contribution in [0.3, 0.4) is 0 Å². The summed E-state index contributed by atoms with van der Waals surface area (Å²) >= 11 is 8.33. The highest BCUT2D eigenvalue weighted by Gasteiger charge is 1.94. The summed E-state index contributed by atoms with van der Waals surface area (Å²) in [5, 5.41) is 8.49. The van der Waals surface area contributed by atoms with Crippen molar-refractivity contribution in [1.29, 1.82) is 0 Å². The summed E-state index contributed by atoms with van der Waals surface area (Å²) in [5.41, 5.74) is 0.